The summed E-state index contributed by atoms with van der Waals surface area (Å²) in [5.74, 6) is 0. The molecule has 0 amide bonds. The Labute approximate surface area is 147 Å². The van der Waals surface area contributed by atoms with E-state index >= 15 is 0 Å². The van der Waals surface area contributed by atoms with Crippen LogP contribution in [0.15, 0.2) is 60.7 Å². The van der Waals surface area contributed by atoms with Gasteiger partial charge in [-0.25, -0.2) is 0 Å². The summed E-state index contributed by atoms with van der Waals surface area (Å²) in [4.78, 5) is 0. The van der Waals surface area contributed by atoms with Crippen LogP contribution in [0.5, 0.6) is 0 Å². The summed E-state index contributed by atoms with van der Waals surface area (Å²) < 4.78 is 0. The van der Waals surface area contributed by atoms with E-state index in [-0.39, 0.29) is 5.41 Å². The van der Waals surface area contributed by atoms with E-state index in [1.807, 2.05) is 7.05 Å². The Bertz CT molecular complexity index is 553. The molecule has 0 aliphatic heterocycles. The number of hydrogen-bond donors (Lipinski definition) is 2. The lowest BCUT2D eigenvalue weighted by Gasteiger charge is -2.30. The van der Waals surface area contributed by atoms with Gasteiger partial charge in [0, 0.05) is 12.0 Å². The zero-order valence-electron chi connectivity index (χ0n) is 15.2. The van der Waals surface area contributed by atoms with Crippen molar-refractivity contribution in [3.05, 3.63) is 71.8 Å². The Morgan fingerprint density at radius 1 is 0.833 bits per heavy atom. The fraction of sp³-hybridized carbons (Fsp3) is 0.455. The lowest BCUT2D eigenvalue weighted by atomic mass is 9.78. The molecule has 0 saturated carbocycles. The predicted octanol–water partition coefficient (Wildman–Crippen LogP) is 4.17. The number of nitrogens with one attached hydrogen (secondary N) is 2. The molecule has 1 atom stereocenters. The Balaban J connectivity index is 1.66. The summed E-state index contributed by atoms with van der Waals surface area (Å²) in [6, 6.07) is 21.6. The van der Waals surface area contributed by atoms with Crippen LogP contribution in [-0.4, -0.2) is 26.7 Å². The first kappa shape index (κ1) is 18.7. The number of hydrogen-bond acceptors (Lipinski definition) is 2. The molecule has 130 valence electrons. The van der Waals surface area contributed by atoms with Crippen LogP contribution in [0.4, 0.5) is 0 Å². The van der Waals surface area contributed by atoms with E-state index in [2.05, 4.69) is 78.2 Å². The van der Waals surface area contributed by atoms with Crippen molar-refractivity contribution in [1.82, 2.24) is 10.6 Å². The van der Waals surface area contributed by atoms with E-state index in [4.69, 9.17) is 0 Å². The van der Waals surface area contributed by atoms with E-state index in [0.29, 0.717) is 0 Å². The van der Waals surface area contributed by atoms with Crippen molar-refractivity contribution in [1.29, 1.82) is 0 Å². The molecule has 0 saturated heterocycles. The molecule has 0 fully saturated rings. The van der Waals surface area contributed by atoms with Gasteiger partial charge in [0.1, 0.15) is 0 Å². The molecule has 0 bridgehead atoms. The summed E-state index contributed by atoms with van der Waals surface area (Å²) in [5, 5.41) is 6.97. The van der Waals surface area contributed by atoms with E-state index in [1.54, 1.807) is 0 Å². The first-order valence-corrected chi connectivity index (χ1v) is 9.19. The van der Waals surface area contributed by atoms with Crippen molar-refractivity contribution in [2.45, 2.75) is 38.0 Å². The lowest BCUT2D eigenvalue weighted by molar-refractivity contribution is 0.397. The molecule has 2 heteroatoms. The number of aryl methyl sites for hydroxylation is 1. The molecular formula is C22H32N2. The second kappa shape index (κ2) is 10.3. The van der Waals surface area contributed by atoms with Crippen molar-refractivity contribution in [2.75, 3.05) is 26.7 Å². The quantitative estimate of drug-likeness (QED) is 0.606. The average Bonchev–Trinajstić information content (AvgIpc) is 2.63. The molecule has 2 aromatic carbocycles. The minimum atomic E-state index is 0.210. The molecule has 2 aromatic rings. The van der Waals surface area contributed by atoms with Crippen LogP contribution in [0.3, 0.4) is 0 Å². The molecule has 0 radical (unpaired) electrons. The van der Waals surface area contributed by atoms with Crippen LogP contribution in [0.1, 0.15) is 37.3 Å². The standard InChI is InChI=1S/C22H32N2/c1-22(19-23-2,21-14-7-4-8-15-21)16-10-18-24-17-9-13-20-11-5-3-6-12-20/h3-8,11-12,14-15,23-24H,9-10,13,16-19H2,1-2H3. The first-order chi connectivity index (χ1) is 11.7. The first-order valence-electron chi connectivity index (χ1n) is 9.19. The minimum absolute atomic E-state index is 0.210. The fourth-order valence-corrected chi connectivity index (χ4v) is 3.36. The molecule has 0 aliphatic rings. The summed E-state index contributed by atoms with van der Waals surface area (Å²) in [6.45, 7) is 5.59. The Hall–Kier alpha value is -1.64. The maximum absolute atomic E-state index is 3.60. The highest BCUT2D eigenvalue weighted by atomic mass is 14.8. The van der Waals surface area contributed by atoms with Gasteiger partial charge in [-0.15, -0.1) is 0 Å². The number of rotatable bonds is 11. The van der Waals surface area contributed by atoms with Gasteiger partial charge in [-0.2, -0.15) is 0 Å². The van der Waals surface area contributed by atoms with E-state index < -0.39 is 0 Å². The van der Waals surface area contributed by atoms with Crippen LogP contribution in [0, 0.1) is 0 Å². The van der Waals surface area contributed by atoms with Crippen molar-refractivity contribution in [3.8, 4) is 0 Å². The Kier molecular flexibility index (Phi) is 8.00. The molecule has 2 rings (SSSR count). The lowest BCUT2D eigenvalue weighted by Crippen LogP contribution is -2.34. The van der Waals surface area contributed by atoms with Gasteiger partial charge in [0.2, 0.25) is 0 Å². The predicted molar refractivity (Wildman–Crippen MR) is 105 cm³/mol. The van der Waals surface area contributed by atoms with Gasteiger partial charge in [-0.3, -0.25) is 0 Å². The number of likely N-dealkylation sites (N-methyl/N-ethyl adjacent to an activating group) is 1. The average molecular weight is 325 g/mol. The highest BCUT2D eigenvalue weighted by molar-refractivity contribution is 5.25. The maximum Gasteiger partial charge on any atom is 0.00499 e. The van der Waals surface area contributed by atoms with E-state index in [9.17, 15) is 0 Å². The highest BCUT2D eigenvalue weighted by Gasteiger charge is 2.24. The molecule has 1 unspecified atom stereocenters. The molecule has 24 heavy (non-hydrogen) atoms. The number of benzene rings is 2. The maximum atomic E-state index is 3.60. The van der Waals surface area contributed by atoms with Crippen molar-refractivity contribution in [2.24, 2.45) is 0 Å². The van der Waals surface area contributed by atoms with Crippen molar-refractivity contribution in [3.63, 3.8) is 0 Å². The van der Waals surface area contributed by atoms with Crippen LogP contribution < -0.4 is 10.6 Å². The second-order valence-corrected chi connectivity index (χ2v) is 6.90. The third-order valence-corrected chi connectivity index (χ3v) is 4.78. The second-order valence-electron chi connectivity index (χ2n) is 6.90. The van der Waals surface area contributed by atoms with Gasteiger partial charge < -0.3 is 10.6 Å². The third-order valence-electron chi connectivity index (χ3n) is 4.78. The fourth-order valence-electron chi connectivity index (χ4n) is 3.36. The monoisotopic (exact) mass is 324 g/mol. The molecule has 2 N–H and O–H groups in total. The molecule has 0 spiro atoms. The topological polar surface area (TPSA) is 24.1 Å². The molecule has 0 aromatic heterocycles. The third kappa shape index (κ3) is 6.10. The molecule has 2 nitrogen and oxygen atoms in total. The zero-order valence-corrected chi connectivity index (χ0v) is 15.2. The SMILES string of the molecule is CNCC(C)(CCCNCCCc1ccccc1)c1ccccc1. The van der Waals surface area contributed by atoms with Crippen LogP contribution >= 0.6 is 0 Å². The summed E-state index contributed by atoms with van der Waals surface area (Å²) in [6.07, 6.45) is 4.77. The van der Waals surface area contributed by atoms with Crippen LogP contribution in [0.2, 0.25) is 0 Å². The van der Waals surface area contributed by atoms with E-state index in [1.165, 1.54) is 30.4 Å². The van der Waals surface area contributed by atoms with Crippen LogP contribution in [0.25, 0.3) is 0 Å². The van der Waals surface area contributed by atoms with Gasteiger partial charge in [0.05, 0.1) is 0 Å². The van der Waals surface area contributed by atoms with E-state index in [0.717, 1.165) is 26.1 Å². The highest BCUT2D eigenvalue weighted by Crippen LogP contribution is 2.28. The Morgan fingerprint density at radius 3 is 2.12 bits per heavy atom. The van der Waals surface area contributed by atoms with Crippen molar-refractivity contribution < 1.29 is 0 Å². The largest absolute Gasteiger partial charge is 0.319 e. The van der Waals surface area contributed by atoms with Gasteiger partial charge in [0.15, 0.2) is 0 Å². The van der Waals surface area contributed by atoms with Gasteiger partial charge in [0.25, 0.3) is 0 Å². The minimum Gasteiger partial charge on any atom is -0.319 e. The van der Waals surface area contributed by atoms with Crippen LogP contribution in [-0.2, 0) is 11.8 Å². The smallest absolute Gasteiger partial charge is 0.00499 e. The molecular weight excluding hydrogens is 292 g/mol. The summed E-state index contributed by atoms with van der Waals surface area (Å²) >= 11 is 0. The molecule has 0 aliphatic carbocycles. The summed E-state index contributed by atoms with van der Waals surface area (Å²) in [5.41, 5.74) is 3.08. The van der Waals surface area contributed by atoms with Crippen molar-refractivity contribution >= 4 is 0 Å². The Morgan fingerprint density at radius 2 is 1.46 bits per heavy atom. The van der Waals surface area contributed by atoms with Gasteiger partial charge in [-0.1, -0.05) is 67.6 Å². The molecule has 0 heterocycles. The van der Waals surface area contributed by atoms with Gasteiger partial charge in [-0.05, 0) is 56.9 Å². The normalized spacial score (nSPS) is 13.6. The zero-order chi connectivity index (χ0) is 17.1. The van der Waals surface area contributed by atoms with Gasteiger partial charge >= 0.3 is 0 Å². The summed E-state index contributed by atoms with van der Waals surface area (Å²) in [7, 11) is 2.04.